The first kappa shape index (κ1) is 14.6. The predicted molar refractivity (Wildman–Crippen MR) is 86.4 cm³/mol. The lowest BCUT2D eigenvalue weighted by Crippen LogP contribution is -2.07. The van der Waals surface area contributed by atoms with Gasteiger partial charge in [0, 0.05) is 12.6 Å². The third-order valence-electron chi connectivity index (χ3n) is 4.07. The minimum Gasteiger partial charge on any atom is -0.487 e. The lowest BCUT2D eigenvalue weighted by atomic mass is 10.1. The van der Waals surface area contributed by atoms with Crippen LogP contribution in [0.3, 0.4) is 0 Å². The molecule has 5 heteroatoms. The largest absolute Gasteiger partial charge is 0.487 e. The van der Waals surface area contributed by atoms with Crippen molar-refractivity contribution in [1.29, 1.82) is 0 Å². The van der Waals surface area contributed by atoms with Crippen LogP contribution in [-0.2, 0) is 19.6 Å². The topological polar surface area (TPSA) is 53.1 Å². The van der Waals surface area contributed by atoms with Crippen molar-refractivity contribution in [3.05, 3.63) is 45.2 Å². The summed E-state index contributed by atoms with van der Waals surface area (Å²) in [5.41, 5.74) is 10.7. The first-order chi connectivity index (χ1) is 10.1. The zero-order valence-corrected chi connectivity index (χ0v) is 14.0. The molecule has 2 aromatic rings. The average Bonchev–Trinajstić information content (AvgIpc) is 2.98. The maximum atomic E-state index is 6.06. The van der Waals surface area contributed by atoms with Gasteiger partial charge in [-0.15, -0.1) is 0 Å². The van der Waals surface area contributed by atoms with Gasteiger partial charge in [0.2, 0.25) is 0 Å². The molecule has 1 atom stereocenters. The van der Waals surface area contributed by atoms with Crippen LogP contribution in [-0.4, -0.2) is 9.78 Å². The summed E-state index contributed by atoms with van der Waals surface area (Å²) in [6.07, 6.45) is 2.08. The van der Waals surface area contributed by atoms with E-state index in [-0.39, 0.29) is 6.04 Å². The lowest BCUT2D eigenvalue weighted by Gasteiger charge is -2.10. The molecule has 112 valence electrons. The molecule has 4 nitrogen and oxygen atoms in total. The van der Waals surface area contributed by atoms with E-state index < -0.39 is 0 Å². The number of aromatic nitrogens is 2. The highest BCUT2D eigenvalue weighted by Crippen LogP contribution is 2.32. The Morgan fingerprint density at radius 1 is 1.48 bits per heavy atom. The molecule has 0 saturated heterocycles. The second kappa shape index (κ2) is 5.81. The number of fused-ring (bicyclic) bond motifs is 1. The van der Waals surface area contributed by atoms with Gasteiger partial charge in [-0.1, -0.05) is 6.07 Å². The van der Waals surface area contributed by atoms with Crippen LogP contribution in [0.15, 0.2) is 22.7 Å². The van der Waals surface area contributed by atoms with E-state index in [1.165, 1.54) is 11.1 Å². The Bertz CT molecular complexity index is 666. The van der Waals surface area contributed by atoms with Gasteiger partial charge < -0.3 is 10.5 Å². The molecule has 0 radical (unpaired) electrons. The Balaban J connectivity index is 1.77. The molecule has 1 heterocycles. The molecule has 0 saturated carbocycles. The summed E-state index contributed by atoms with van der Waals surface area (Å²) in [7, 11) is 0. The van der Waals surface area contributed by atoms with Crippen LogP contribution in [0.25, 0.3) is 0 Å². The molecule has 1 aliphatic rings. The fourth-order valence-corrected chi connectivity index (χ4v) is 3.27. The molecule has 21 heavy (non-hydrogen) atoms. The monoisotopic (exact) mass is 349 g/mol. The number of nitrogens with two attached hydrogens (primary N) is 1. The van der Waals surface area contributed by atoms with E-state index in [0.717, 1.165) is 41.0 Å². The number of nitrogens with zero attached hydrogens (tertiary/aromatic N) is 2. The van der Waals surface area contributed by atoms with Crippen LogP contribution in [0.2, 0.25) is 0 Å². The number of hydrogen-bond acceptors (Lipinski definition) is 3. The van der Waals surface area contributed by atoms with Crippen molar-refractivity contribution >= 4 is 15.9 Å². The van der Waals surface area contributed by atoms with Gasteiger partial charge in [0.05, 0.1) is 15.9 Å². The normalized spacial score (nSPS) is 17.0. The third-order valence-corrected chi connectivity index (χ3v) is 5.10. The van der Waals surface area contributed by atoms with Crippen LogP contribution in [0.1, 0.15) is 41.9 Å². The molecular weight excluding hydrogens is 330 g/mol. The smallest absolute Gasteiger partial charge is 0.131 e. The van der Waals surface area contributed by atoms with Crippen molar-refractivity contribution in [1.82, 2.24) is 9.78 Å². The standard InChI is InChI=1S/C16H20BrN3O/c1-3-20-15(16(17)10(2)19-20)9-21-12-5-6-13-11(8-12)4-7-14(13)18/h5-6,8,14H,3-4,7,9,18H2,1-2H3/t14-/m0/s1. The first-order valence-corrected chi connectivity index (χ1v) is 8.12. The van der Waals surface area contributed by atoms with Gasteiger partial charge in [-0.05, 0) is 65.9 Å². The molecule has 3 rings (SSSR count). The summed E-state index contributed by atoms with van der Waals surface area (Å²) < 4.78 is 8.97. The van der Waals surface area contributed by atoms with Crippen molar-refractivity contribution < 1.29 is 4.74 Å². The van der Waals surface area contributed by atoms with Crippen LogP contribution < -0.4 is 10.5 Å². The van der Waals surface area contributed by atoms with Crippen LogP contribution >= 0.6 is 15.9 Å². The lowest BCUT2D eigenvalue weighted by molar-refractivity contribution is 0.291. The van der Waals surface area contributed by atoms with Crippen molar-refractivity contribution in [2.45, 2.75) is 45.9 Å². The Labute approximate surface area is 133 Å². The summed E-state index contributed by atoms with van der Waals surface area (Å²) in [4.78, 5) is 0. The minimum atomic E-state index is 0.187. The highest BCUT2D eigenvalue weighted by molar-refractivity contribution is 9.10. The zero-order valence-electron chi connectivity index (χ0n) is 12.4. The van der Waals surface area contributed by atoms with E-state index in [2.05, 4.69) is 40.1 Å². The Morgan fingerprint density at radius 2 is 2.29 bits per heavy atom. The molecule has 0 fully saturated rings. The van der Waals surface area contributed by atoms with Crippen molar-refractivity contribution in [3.63, 3.8) is 0 Å². The molecule has 0 unspecified atom stereocenters. The van der Waals surface area contributed by atoms with Gasteiger partial charge in [0.1, 0.15) is 12.4 Å². The molecule has 0 aliphatic heterocycles. The molecule has 1 aromatic heterocycles. The number of aryl methyl sites for hydroxylation is 3. The fourth-order valence-electron chi connectivity index (χ4n) is 2.88. The number of rotatable bonds is 4. The minimum absolute atomic E-state index is 0.187. The second-order valence-corrected chi connectivity index (χ2v) is 6.25. The molecule has 0 amide bonds. The SMILES string of the molecule is CCn1nc(C)c(Br)c1COc1ccc2c(c1)CC[C@@H]2N. The van der Waals surface area contributed by atoms with Gasteiger partial charge in [-0.2, -0.15) is 5.10 Å². The summed E-state index contributed by atoms with van der Waals surface area (Å²) in [5.74, 6) is 0.899. The quantitative estimate of drug-likeness (QED) is 0.918. The second-order valence-electron chi connectivity index (χ2n) is 5.46. The van der Waals surface area contributed by atoms with E-state index in [9.17, 15) is 0 Å². The highest BCUT2D eigenvalue weighted by atomic mass is 79.9. The van der Waals surface area contributed by atoms with Gasteiger partial charge in [0.25, 0.3) is 0 Å². The summed E-state index contributed by atoms with van der Waals surface area (Å²) >= 11 is 3.59. The van der Waals surface area contributed by atoms with Crippen LogP contribution in [0.4, 0.5) is 0 Å². The molecular formula is C16H20BrN3O. The van der Waals surface area contributed by atoms with E-state index in [4.69, 9.17) is 10.5 Å². The Hall–Kier alpha value is -1.33. The molecule has 0 bridgehead atoms. The van der Waals surface area contributed by atoms with Gasteiger partial charge in [-0.25, -0.2) is 0 Å². The molecule has 2 N–H and O–H groups in total. The summed E-state index contributed by atoms with van der Waals surface area (Å²) in [6.45, 7) is 5.43. The maximum absolute atomic E-state index is 6.06. The van der Waals surface area contributed by atoms with Crippen LogP contribution in [0, 0.1) is 6.92 Å². The van der Waals surface area contributed by atoms with E-state index in [1.54, 1.807) is 0 Å². The highest BCUT2D eigenvalue weighted by Gasteiger charge is 2.19. The fraction of sp³-hybridized carbons (Fsp3) is 0.438. The van der Waals surface area contributed by atoms with Gasteiger partial charge in [-0.3, -0.25) is 4.68 Å². The summed E-state index contributed by atoms with van der Waals surface area (Å²) in [5, 5.41) is 4.48. The van der Waals surface area contributed by atoms with Gasteiger partial charge >= 0.3 is 0 Å². The average molecular weight is 350 g/mol. The van der Waals surface area contributed by atoms with Crippen molar-refractivity contribution in [2.24, 2.45) is 5.73 Å². The predicted octanol–water partition coefficient (Wildman–Crippen LogP) is 3.50. The van der Waals surface area contributed by atoms with E-state index >= 15 is 0 Å². The molecule has 1 aromatic carbocycles. The molecule has 1 aliphatic carbocycles. The number of ether oxygens (including phenoxy) is 1. The number of hydrogen-bond donors (Lipinski definition) is 1. The zero-order chi connectivity index (χ0) is 15.0. The third kappa shape index (κ3) is 2.72. The maximum Gasteiger partial charge on any atom is 0.131 e. The number of benzene rings is 1. The first-order valence-electron chi connectivity index (χ1n) is 7.33. The summed E-state index contributed by atoms with van der Waals surface area (Å²) in [6, 6.07) is 6.42. The Morgan fingerprint density at radius 3 is 3.05 bits per heavy atom. The van der Waals surface area contributed by atoms with E-state index in [1.807, 2.05) is 17.7 Å². The van der Waals surface area contributed by atoms with Crippen molar-refractivity contribution in [2.75, 3.05) is 0 Å². The van der Waals surface area contributed by atoms with Gasteiger partial charge in [0.15, 0.2) is 0 Å². The number of halogens is 1. The molecule has 0 spiro atoms. The van der Waals surface area contributed by atoms with Crippen LogP contribution in [0.5, 0.6) is 5.75 Å². The van der Waals surface area contributed by atoms with E-state index in [0.29, 0.717) is 6.61 Å². The Kier molecular flexibility index (Phi) is 4.04. The van der Waals surface area contributed by atoms with Crippen molar-refractivity contribution in [3.8, 4) is 5.75 Å².